The van der Waals surface area contributed by atoms with Crippen molar-refractivity contribution in [3.8, 4) is 0 Å². The molecule has 0 aliphatic carbocycles. The zero-order chi connectivity index (χ0) is 13.4. The minimum absolute atomic E-state index is 0.0406. The van der Waals surface area contributed by atoms with Crippen LogP contribution >= 0.6 is 11.6 Å². The largest absolute Gasteiger partial charge is 0.391 e. The molecule has 1 aromatic rings. The zero-order valence-corrected chi connectivity index (χ0v) is 10.7. The van der Waals surface area contributed by atoms with Gasteiger partial charge in [-0.3, -0.25) is 0 Å². The van der Waals surface area contributed by atoms with Gasteiger partial charge in [-0.1, -0.05) is 32.4 Å². The van der Waals surface area contributed by atoms with Gasteiger partial charge in [0.15, 0.2) is 0 Å². The first-order valence-corrected chi connectivity index (χ1v) is 5.60. The zero-order valence-electron chi connectivity index (χ0n) is 9.97. The Hall–Kier alpha value is -0.710. The molecule has 17 heavy (non-hydrogen) atoms. The summed E-state index contributed by atoms with van der Waals surface area (Å²) in [5.74, 6) is -1.68. The van der Waals surface area contributed by atoms with Crippen molar-refractivity contribution in [2.75, 3.05) is 0 Å². The van der Waals surface area contributed by atoms with Gasteiger partial charge in [-0.15, -0.1) is 0 Å². The predicted molar refractivity (Wildman–Crippen MR) is 63.8 cm³/mol. The van der Waals surface area contributed by atoms with Crippen LogP contribution in [0.1, 0.15) is 32.4 Å². The van der Waals surface area contributed by atoms with Gasteiger partial charge in [0.05, 0.1) is 12.1 Å². The van der Waals surface area contributed by atoms with Gasteiger partial charge in [0.2, 0.25) is 0 Å². The fourth-order valence-corrected chi connectivity index (χ4v) is 1.76. The summed E-state index contributed by atoms with van der Waals surface area (Å²) >= 11 is 5.51. The number of hydrogen-bond donors (Lipinski definition) is 2. The quantitative estimate of drug-likeness (QED) is 0.862. The molecule has 1 aromatic carbocycles. The van der Waals surface area contributed by atoms with Crippen LogP contribution in [-0.4, -0.2) is 11.2 Å². The van der Waals surface area contributed by atoms with Gasteiger partial charge in [0.25, 0.3) is 0 Å². The van der Waals surface area contributed by atoms with Crippen LogP contribution in [-0.2, 0) is 0 Å². The second-order valence-corrected chi connectivity index (χ2v) is 5.56. The van der Waals surface area contributed by atoms with Crippen molar-refractivity contribution >= 4 is 11.6 Å². The van der Waals surface area contributed by atoms with Gasteiger partial charge in [-0.25, -0.2) is 8.78 Å². The topological polar surface area (TPSA) is 46.2 Å². The molecule has 0 aromatic heterocycles. The molecule has 96 valence electrons. The monoisotopic (exact) mass is 263 g/mol. The molecule has 0 heterocycles. The molecule has 2 atom stereocenters. The molecule has 5 heteroatoms. The van der Waals surface area contributed by atoms with E-state index in [0.29, 0.717) is 0 Å². The van der Waals surface area contributed by atoms with E-state index >= 15 is 0 Å². The highest BCUT2D eigenvalue weighted by Crippen LogP contribution is 2.32. The van der Waals surface area contributed by atoms with Gasteiger partial charge >= 0.3 is 0 Å². The van der Waals surface area contributed by atoms with Crippen molar-refractivity contribution in [1.82, 2.24) is 0 Å². The van der Waals surface area contributed by atoms with E-state index in [9.17, 15) is 13.9 Å². The first kappa shape index (κ1) is 14.4. The van der Waals surface area contributed by atoms with Crippen molar-refractivity contribution in [3.05, 3.63) is 34.4 Å². The maximum Gasteiger partial charge on any atom is 0.132 e. The number of halogens is 3. The van der Waals surface area contributed by atoms with Crippen LogP contribution < -0.4 is 5.73 Å². The number of aliphatic hydroxyl groups is 1. The Kier molecular flexibility index (Phi) is 4.12. The second-order valence-electron chi connectivity index (χ2n) is 5.12. The van der Waals surface area contributed by atoms with Gasteiger partial charge in [0, 0.05) is 10.6 Å². The molecule has 1 rings (SSSR count). The highest BCUT2D eigenvalue weighted by Gasteiger charge is 2.32. The van der Waals surface area contributed by atoms with Gasteiger partial charge < -0.3 is 10.8 Å². The molecule has 0 saturated carbocycles. The third kappa shape index (κ3) is 3.15. The van der Waals surface area contributed by atoms with E-state index in [4.69, 9.17) is 17.3 Å². The smallest absolute Gasteiger partial charge is 0.132 e. The second kappa shape index (κ2) is 4.88. The Morgan fingerprint density at radius 1 is 1.24 bits per heavy atom. The summed E-state index contributed by atoms with van der Waals surface area (Å²) < 4.78 is 27.2. The summed E-state index contributed by atoms with van der Waals surface area (Å²) in [5, 5.41) is 9.89. The lowest BCUT2D eigenvalue weighted by Crippen LogP contribution is -2.38. The van der Waals surface area contributed by atoms with E-state index in [1.54, 1.807) is 20.8 Å². The van der Waals surface area contributed by atoms with Crippen molar-refractivity contribution in [3.63, 3.8) is 0 Å². The van der Waals surface area contributed by atoms with Crippen LogP contribution in [0.25, 0.3) is 0 Å². The lowest BCUT2D eigenvalue weighted by molar-refractivity contribution is 0.0381. The third-order valence-corrected chi connectivity index (χ3v) is 2.82. The molecule has 0 spiro atoms. The number of hydrogen-bond acceptors (Lipinski definition) is 2. The number of aliphatic hydroxyl groups excluding tert-OH is 1. The minimum Gasteiger partial charge on any atom is -0.391 e. The lowest BCUT2D eigenvalue weighted by Gasteiger charge is -2.31. The Bertz CT molecular complexity index is 394. The standard InChI is InChI=1S/C12H16ClF2NO/c1-12(2,3)11(17)10(16)9-7(14)4-6(13)5-8(9)15/h4-5,10-11,17H,16H2,1-3H3/t10-,11-/m1/s1. The first-order valence-electron chi connectivity index (χ1n) is 5.22. The minimum atomic E-state index is -1.13. The fourth-order valence-electron chi connectivity index (χ4n) is 1.57. The van der Waals surface area contributed by atoms with E-state index in [1.807, 2.05) is 0 Å². The molecule has 0 bridgehead atoms. The molecule has 0 radical (unpaired) electrons. The average molecular weight is 264 g/mol. The molecule has 0 saturated heterocycles. The Morgan fingerprint density at radius 3 is 2.00 bits per heavy atom. The first-order chi connectivity index (χ1) is 7.64. The van der Waals surface area contributed by atoms with Gasteiger partial charge in [0.1, 0.15) is 11.6 Å². The maximum atomic E-state index is 13.6. The summed E-state index contributed by atoms with van der Waals surface area (Å²) in [4.78, 5) is 0. The summed E-state index contributed by atoms with van der Waals surface area (Å²) in [6, 6.07) is 0.831. The van der Waals surface area contributed by atoms with E-state index in [0.717, 1.165) is 12.1 Å². The van der Waals surface area contributed by atoms with E-state index in [2.05, 4.69) is 0 Å². The molecular weight excluding hydrogens is 248 g/mol. The van der Waals surface area contributed by atoms with Crippen molar-refractivity contribution < 1.29 is 13.9 Å². The summed E-state index contributed by atoms with van der Waals surface area (Å²) in [7, 11) is 0. The van der Waals surface area contributed by atoms with Crippen LogP contribution in [0, 0.1) is 17.0 Å². The van der Waals surface area contributed by atoms with Gasteiger partial charge in [-0.2, -0.15) is 0 Å². The lowest BCUT2D eigenvalue weighted by atomic mass is 9.82. The molecule has 0 unspecified atom stereocenters. The van der Waals surface area contributed by atoms with Crippen LogP contribution in [0.4, 0.5) is 8.78 Å². The van der Waals surface area contributed by atoms with E-state index in [-0.39, 0.29) is 10.6 Å². The summed E-state index contributed by atoms with van der Waals surface area (Å²) in [6.45, 7) is 5.22. The average Bonchev–Trinajstić information content (AvgIpc) is 2.13. The Labute approximate surface area is 104 Å². The molecule has 0 amide bonds. The van der Waals surface area contributed by atoms with Crippen molar-refractivity contribution in [2.45, 2.75) is 32.9 Å². The maximum absolute atomic E-state index is 13.6. The number of nitrogens with two attached hydrogens (primary N) is 1. The number of benzene rings is 1. The summed E-state index contributed by atoms with van der Waals surface area (Å²) in [5.41, 5.74) is 4.80. The summed E-state index contributed by atoms with van der Waals surface area (Å²) in [6.07, 6.45) is -1.06. The van der Waals surface area contributed by atoms with E-state index in [1.165, 1.54) is 0 Å². The molecular formula is C12H16ClF2NO. The fraction of sp³-hybridized carbons (Fsp3) is 0.500. The van der Waals surface area contributed by atoms with Crippen molar-refractivity contribution in [1.29, 1.82) is 0 Å². The van der Waals surface area contributed by atoms with E-state index < -0.39 is 29.2 Å². The highest BCUT2D eigenvalue weighted by atomic mass is 35.5. The van der Waals surface area contributed by atoms with Gasteiger partial charge in [-0.05, 0) is 17.5 Å². The molecule has 0 fully saturated rings. The number of rotatable bonds is 2. The highest BCUT2D eigenvalue weighted by molar-refractivity contribution is 6.30. The Balaban J connectivity index is 3.17. The SMILES string of the molecule is CC(C)(C)[C@H](O)[C@H](N)c1c(F)cc(Cl)cc1F. The molecule has 0 aliphatic rings. The van der Waals surface area contributed by atoms with Crippen LogP contribution in [0.15, 0.2) is 12.1 Å². The normalized spacial score (nSPS) is 15.8. The molecule has 0 aliphatic heterocycles. The molecule has 2 nitrogen and oxygen atoms in total. The third-order valence-electron chi connectivity index (χ3n) is 2.60. The van der Waals surface area contributed by atoms with Crippen LogP contribution in [0.5, 0.6) is 0 Å². The van der Waals surface area contributed by atoms with Crippen molar-refractivity contribution in [2.24, 2.45) is 11.1 Å². The Morgan fingerprint density at radius 2 is 1.65 bits per heavy atom. The van der Waals surface area contributed by atoms with Crippen LogP contribution in [0.3, 0.4) is 0 Å². The molecule has 3 N–H and O–H groups in total. The van der Waals surface area contributed by atoms with Crippen LogP contribution in [0.2, 0.25) is 5.02 Å². The predicted octanol–water partition coefficient (Wildman–Crippen LogP) is 3.03.